The molecular formula is C13H25NO2S. The SMILES string of the molecule is COCC(=O)N1CCCCC1CSC(C)(C)C. The van der Waals surface area contributed by atoms with Gasteiger partial charge in [0.15, 0.2) is 0 Å². The van der Waals surface area contributed by atoms with Gasteiger partial charge in [0.2, 0.25) is 5.91 Å². The minimum absolute atomic E-state index is 0.145. The molecule has 1 saturated heterocycles. The molecular weight excluding hydrogens is 234 g/mol. The predicted octanol–water partition coefficient (Wildman–Crippen LogP) is 2.55. The Balaban J connectivity index is 2.50. The van der Waals surface area contributed by atoms with Crippen LogP contribution in [0.1, 0.15) is 40.0 Å². The van der Waals surface area contributed by atoms with Crippen LogP contribution in [0.3, 0.4) is 0 Å². The summed E-state index contributed by atoms with van der Waals surface area (Å²) in [6, 6.07) is 0.399. The summed E-state index contributed by atoms with van der Waals surface area (Å²) in [6.45, 7) is 7.79. The Morgan fingerprint density at radius 3 is 2.71 bits per heavy atom. The summed E-state index contributed by atoms with van der Waals surface area (Å²) in [6.07, 6.45) is 3.51. The van der Waals surface area contributed by atoms with Gasteiger partial charge in [0.1, 0.15) is 6.61 Å². The molecule has 1 unspecified atom stereocenters. The van der Waals surface area contributed by atoms with E-state index in [0.29, 0.717) is 6.04 Å². The monoisotopic (exact) mass is 259 g/mol. The maximum absolute atomic E-state index is 11.9. The zero-order chi connectivity index (χ0) is 12.9. The average Bonchev–Trinajstić information content (AvgIpc) is 2.26. The van der Waals surface area contributed by atoms with E-state index in [4.69, 9.17) is 4.74 Å². The first kappa shape index (κ1) is 14.8. The summed E-state index contributed by atoms with van der Waals surface area (Å²) >= 11 is 1.94. The molecule has 1 atom stereocenters. The normalized spacial score (nSPS) is 21.6. The number of methoxy groups -OCH3 is 1. The topological polar surface area (TPSA) is 29.5 Å². The highest BCUT2D eigenvalue weighted by molar-refractivity contribution is 8.00. The Morgan fingerprint density at radius 2 is 2.12 bits per heavy atom. The second-order valence-electron chi connectivity index (χ2n) is 5.59. The fourth-order valence-electron chi connectivity index (χ4n) is 2.05. The summed E-state index contributed by atoms with van der Waals surface area (Å²) < 4.78 is 5.22. The average molecular weight is 259 g/mol. The van der Waals surface area contributed by atoms with E-state index in [-0.39, 0.29) is 17.3 Å². The molecule has 1 aliphatic heterocycles. The van der Waals surface area contributed by atoms with Crippen LogP contribution in [0.4, 0.5) is 0 Å². The zero-order valence-corrected chi connectivity index (χ0v) is 12.3. The first-order valence-corrected chi connectivity index (χ1v) is 7.35. The third-order valence-corrected chi connectivity index (χ3v) is 4.34. The standard InChI is InChI=1S/C13H25NO2S/c1-13(2,3)17-10-11-7-5-6-8-14(11)12(15)9-16-4/h11H,5-10H2,1-4H3. The van der Waals surface area contributed by atoms with E-state index < -0.39 is 0 Å². The molecule has 3 nitrogen and oxygen atoms in total. The predicted molar refractivity (Wildman–Crippen MR) is 73.4 cm³/mol. The third kappa shape index (κ3) is 5.30. The van der Waals surface area contributed by atoms with Crippen molar-refractivity contribution in [1.82, 2.24) is 4.90 Å². The highest BCUT2D eigenvalue weighted by Crippen LogP contribution is 2.28. The van der Waals surface area contributed by atoms with Crippen LogP contribution in [0.25, 0.3) is 0 Å². The number of thioether (sulfide) groups is 1. The van der Waals surface area contributed by atoms with Gasteiger partial charge in [-0.1, -0.05) is 20.8 Å². The van der Waals surface area contributed by atoms with Gasteiger partial charge in [0, 0.05) is 30.2 Å². The van der Waals surface area contributed by atoms with Crippen LogP contribution < -0.4 is 0 Å². The summed E-state index contributed by atoms with van der Waals surface area (Å²) in [5.74, 6) is 1.19. The number of amides is 1. The van der Waals surface area contributed by atoms with Crippen LogP contribution in [0.5, 0.6) is 0 Å². The summed E-state index contributed by atoms with van der Waals surface area (Å²) in [4.78, 5) is 13.9. The van der Waals surface area contributed by atoms with Crippen LogP contribution in [0, 0.1) is 0 Å². The Morgan fingerprint density at radius 1 is 1.41 bits per heavy atom. The van der Waals surface area contributed by atoms with Gasteiger partial charge >= 0.3 is 0 Å². The number of carbonyl (C=O) groups is 1. The van der Waals surface area contributed by atoms with E-state index in [1.165, 1.54) is 6.42 Å². The van der Waals surface area contributed by atoms with Gasteiger partial charge in [-0.25, -0.2) is 0 Å². The van der Waals surface area contributed by atoms with Gasteiger partial charge in [-0.15, -0.1) is 0 Å². The van der Waals surface area contributed by atoms with Gasteiger partial charge in [-0.2, -0.15) is 11.8 Å². The molecule has 1 fully saturated rings. The highest BCUT2D eigenvalue weighted by Gasteiger charge is 2.27. The van der Waals surface area contributed by atoms with E-state index in [9.17, 15) is 4.79 Å². The lowest BCUT2D eigenvalue weighted by molar-refractivity contribution is -0.138. The number of hydrogen-bond acceptors (Lipinski definition) is 3. The van der Waals surface area contributed by atoms with Crippen LogP contribution in [0.15, 0.2) is 0 Å². The highest BCUT2D eigenvalue weighted by atomic mass is 32.2. The van der Waals surface area contributed by atoms with Crippen LogP contribution in [-0.4, -0.2) is 47.6 Å². The van der Waals surface area contributed by atoms with Crippen molar-refractivity contribution in [2.45, 2.75) is 50.8 Å². The Bertz CT molecular complexity index is 250. The maximum atomic E-state index is 11.9. The lowest BCUT2D eigenvalue weighted by atomic mass is 10.0. The number of carbonyl (C=O) groups excluding carboxylic acids is 1. The summed E-state index contributed by atoms with van der Waals surface area (Å²) in [7, 11) is 1.58. The fraction of sp³-hybridized carbons (Fsp3) is 0.923. The Kier molecular flexibility index (Phi) is 5.80. The number of likely N-dealkylation sites (tertiary alicyclic amines) is 1. The molecule has 0 aromatic rings. The molecule has 1 heterocycles. The molecule has 1 aliphatic rings. The number of hydrogen-bond donors (Lipinski definition) is 0. The van der Waals surface area contributed by atoms with Crippen molar-refractivity contribution in [2.75, 3.05) is 26.0 Å². The molecule has 1 rings (SSSR count). The van der Waals surface area contributed by atoms with Crippen LogP contribution >= 0.6 is 11.8 Å². The molecule has 1 amide bonds. The molecule has 0 radical (unpaired) electrons. The van der Waals surface area contributed by atoms with Crippen molar-refractivity contribution >= 4 is 17.7 Å². The van der Waals surface area contributed by atoms with Gasteiger partial charge in [0.25, 0.3) is 0 Å². The minimum Gasteiger partial charge on any atom is -0.375 e. The van der Waals surface area contributed by atoms with Gasteiger partial charge in [-0.05, 0) is 19.3 Å². The van der Waals surface area contributed by atoms with Gasteiger partial charge in [-0.3, -0.25) is 4.79 Å². The number of piperidine rings is 1. The fourth-order valence-corrected chi connectivity index (χ4v) is 3.09. The first-order valence-electron chi connectivity index (χ1n) is 6.36. The van der Waals surface area contributed by atoms with E-state index in [0.717, 1.165) is 25.1 Å². The molecule has 0 aromatic carbocycles. The van der Waals surface area contributed by atoms with Crippen molar-refractivity contribution in [3.05, 3.63) is 0 Å². The molecule has 100 valence electrons. The van der Waals surface area contributed by atoms with E-state index in [2.05, 4.69) is 20.8 Å². The lowest BCUT2D eigenvalue weighted by Gasteiger charge is -2.36. The van der Waals surface area contributed by atoms with Gasteiger partial charge in [0.05, 0.1) is 0 Å². The Labute approximate surface area is 109 Å². The maximum Gasteiger partial charge on any atom is 0.248 e. The largest absolute Gasteiger partial charge is 0.375 e. The molecule has 17 heavy (non-hydrogen) atoms. The van der Waals surface area contributed by atoms with Gasteiger partial charge < -0.3 is 9.64 Å². The number of rotatable bonds is 4. The quantitative estimate of drug-likeness (QED) is 0.777. The first-order chi connectivity index (χ1) is 7.94. The minimum atomic E-state index is 0.145. The molecule has 0 N–H and O–H groups in total. The van der Waals surface area contributed by atoms with Crippen molar-refractivity contribution in [1.29, 1.82) is 0 Å². The lowest BCUT2D eigenvalue weighted by Crippen LogP contribution is -2.46. The van der Waals surface area contributed by atoms with Crippen LogP contribution in [0.2, 0.25) is 0 Å². The number of ether oxygens (including phenoxy) is 1. The summed E-state index contributed by atoms with van der Waals surface area (Å²) in [5.41, 5.74) is 0. The second-order valence-corrected chi connectivity index (χ2v) is 7.44. The second kappa shape index (κ2) is 6.64. The zero-order valence-electron chi connectivity index (χ0n) is 11.5. The smallest absolute Gasteiger partial charge is 0.248 e. The molecule has 0 aliphatic carbocycles. The summed E-state index contributed by atoms with van der Waals surface area (Å²) in [5, 5.41) is 0. The molecule has 0 saturated carbocycles. The van der Waals surface area contributed by atoms with E-state index in [1.54, 1.807) is 7.11 Å². The van der Waals surface area contributed by atoms with Crippen molar-refractivity contribution in [3.63, 3.8) is 0 Å². The molecule has 0 bridgehead atoms. The van der Waals surface area contributed by atoms with Crippen LogP contribution in [-0.2, 0) is 9.53 Å². The molecule has 0 aromatic heterocycles. The van der Waals surface area contributed by atoms with Crippen molar-refractivity contribution in [3.8, 4) is 0 Å². The molecule has 0 spiro atoms. The van der Waals surface area contributed by atoms with E-state index >= 15 is 0 Å². The van der Waals surface area contributed by atoms with Crippen molar-refractivity contribution < 1.29 is 9.53 Å². The Hall–Kier alpha value is -0.220. The van der Waals surface area contributed by atoms with Crippen molar-refractivity contribution in [2.24, 2.45) is 0 Å². The number of nitrogens with zero attached hydrogens (tertiary/aromatic N) is 1. The third-order valence-electron chi connectivity index (χ3n) is 2.92. The molecule has 4 heteroatoms. The van der Waals surface area contributed by atoms with E-state index in [1.807, 2.05) is 16.7 Å².